The van der Waals surface area contributed by atoms with Gasteiger partial charge in [0.05, 0.1) is 0 Å². The first-order valence-corrected chi connectivity index (χ1v) is 5.99. The molecule has 0 radical (unpaired) electrons. The van der Waals surface area contributed by atoms with E-state index in [-0.39, 0.29) is 6.15 Å². The first kappa shape index (κ1) is 20.6. The molecule has 0 aromatic rings. The molecular formula is C3H4F8N2O4S2. The molecule has 6 nitrogen and oxygen atoms in total. The molecule has 0 heterocycles. The maximum atomic E-state index is 12.4. The molecule has 0 unspecified atom stereocenters. The lowest BCUT2D eigenvalue weighted by Gasteiger charge is -2.31. The first-order valence-electron chi connectivity index (χ1n) is 3.21. The molecule has 0 saturated carbocycles. The van der Waals surface area contributed by atoms with Crippen molar-refractivity contribution in [2.24, 2.45) is 0 Å². The Labute approximate surface area is 100 Å². The van der Waals surface area contributed by atoms with Crippen molar-refractivity contribution in [2.75, 3.05) is 0 Å². The Morgan fingerprint density at radius 3 is 1.32 bits per heavy atom. The molecule has 0 aliphatic rings. The minimum Gasteiger partial charge on any atom is -0.402 e. The number of quaternary nitrogens is 1. The van der Waals surface area contributed by atoms with Gasteiger partial charge >= 0.3 is 17.4 Å². The van der Waals surface area contributed by atoms with Crippen LogP contribution in [0.25, 0.3) is 4.13 Å². The molecule has 0 bridgehead atoms. The monoisotopic (exact) mass is 348 g/mol. The normalized spacial score (nSPS) is 14.9. The smallest absolute Gasteiger partial charge is 0.402 e. The van der Waals surface area contributed by atoms with Crippen molar-refractivity contribution in [3.05, 3.63) is 4.13 Å². The predicted octanol–water partition coefficient (Wildman–Crippen LogP) is 2.07. The zero-order valence-electron chi connectivity index (χ0n) is 8.42. The summed E-state index contributed by atoms with van der Waals surface area (Å²) in [5.74, 6) is -7.16. The summed E-state index contributed by atoms with van der Waals surface area (Å²) in [6.07, 6.45) is -7.03. The second-order valence-electron chi connectivity index (χ2n) is 2.55. The number of nitrogens with zero attached hydrogens (tertiary/aromatic N) is 1. The van der Waals surface area contributed by atoms with Crippen molar-refractivity contribution in [1.29, 1.82) is 0 Å². The van der Waals surface area contributed by atoms with Crippen LogP contribution in [0.15, 0.2) is 0 Å². The number of hydrogen-bond acceptors (Lipinski definition) is 4. The van der Waals surface area contributed by atoms with Crippen LogP contribution in [0.1, 0.15) is 0 Å². The molecule has 0 fully saturated rings. The average molecular weight is 348 g/mol. The van der Waals surface area contributed by atoms with Crippen LogP contribution in [0.4, 0.5) is 34.6 Å². The fraction of sp³-hybridized carbons (Fsp3) is 1.00. The summed E-state index contributed by atoms with van der Waals surface area (Å²) in [4.78, 5) is 0. The lowest BCUT2D eigenvalue weighted by Crippen LogP contribution is -2.55. The number of halogens is 8. The molecule has 16 heteroatoms. The third kappa shape index (κ3) is 3.86. The molecule has 0 spiro atoms. The van der Waals surface area contributed by atoms with Crippen LogP contribution in [-0.4, -0.2) is 34.2 Å². The fourth-order valence-corrected chi connectivity index (χ4v) is 2.24. The SMILES string of the molecule is O=S(=O)(F)[N-]S(=O)(=O)C(F)(F)C(F)(F)C(F)(F)F.[NH4+]. The van der Waals surface area contributed by atoms with Crippen LogP contribution in [0, 0.1) is 0 Å². The van der Waals surface area contributed by atoms with Gasteiger partial charge in [0.25, 0.3) is 0 Å². The summed E-state index contributed by atoms with van der Waals surface area (Å²) in [5.41, 5.74) is 0. The van der Waals surface area contributed by atoms with E-state index in [2.05, 4.69) is 0 Å². The molecule has 19 heavy (non-hydrogen) atoms. The quantitative estimate of drug-likeness (QED) is 0.618. The van der Waals surface area contributed by atoms with Crippen molar-refractivity contribution < 1.29 is 51.5 Å². The second-order valence-corrected chi connectivity index (χ2v) is 5.43. The van der Waals surface area contributed by atoms with Crippen LogP contribution in [-0.2, 0) is 20.4 Å². The highest BCUT2D eigenvalue weighted by Gasteiger charge is 2.76. The molecule has 0 aromatic carbocycles. The molecule has 0 rings (SSSR count). The van der Waals surface area contributed by atoms with Crippen molar-refractivity contribution in [1.82, 2.24) is 6.15 Å². The van der Waals surface area contributed by atoms with Gasteiger partial charge in [-0.2, -0.15) is 30.7 Å². The Balaban J connectivity index is 0. The number of hydrogen-bond donors (Lipinski definition) is 1. The predicted molar refractivity (Wildman–Crippen MR) is 44.2 cm³/mol. The minimum atomic E-state index is -7.30. The van der Waals surface area contributed by atoms with Crippen LogP contribution < -0.4 is 6.15 Å². The molecule has 4 N–H and O–H groups in total. The van der Waals surface area contributed by atoms with E-state index in [9.17, 15) is 51.5 Å². The van der Waals surface area contributed by atoms with E-state index < -0.39 is 37.8 Å². The minimum absolute atomic E-state index is 0. The van der Waals surface area contributed by atoms with E-state index in [1.807, 2.05) is 0 Å². The lowest BCUT2D eigenvalue weighted by molar-refractivity contribution is -0.331. The maximum Gasteiger partial charge on any atom is 0.461 e. The third-order valence-corrected chi connectivity index (χ3v) is 3.63. The largest absolute Gasteiger partial charge is 0.461 e. The average Bonchev–Trinajstić information content (AvgIpc) is 1.95. The van der Waals surface area contributed by atoms with Gasteiger partial charge in [-0.15, -0.1) is 3.89 Å². The zero-order valence-corrected chi connectivity index (χ0v) is 10.1. The lowest BCUT2D eigenvalue weighted by atomic mass is 10.3. The van der Waals surface area contributed by atoms with Crippen LogP contribution >= 0.6 is 0 Å². The fourth-order valence-electron chi connectivity index (χ4n) is 0.491. The van der Waals surface area contributed by atoms with Gasteiger partial charge in [0, 0.05) is 0 Å². The standard InChI is InChI=1S/C3F8NO4S2.H3N/c4-1(5,2(6,7)8)3(9,10)17(13,14)12-18(11,15)16;/h;1H3/q-1;/p+1. The van der Waals surface area contributed by atoms with Crippen molar-refractivity contribution in [2.45, 2.75) is 17.4 Å². The van der Waals surface area contributed by atoms with Crippen molar-refractivity contribution in [3.63, 3.8) is 0 Å². The summed E-state index contributed by atoms with van der Waals surface area (Å²) >= 11 is 0. The van der Waals surface area contributed by atoms with E-state index in [1.54, 1.807) is 0 Å². The second kappa shape index (κ2) is 4.98. The van der Waals surface area contributed by atoms with Gasteiger partial charge in [0.15, 0.2) is 10.0 Å². The molecule has 0 amide bonds. The van der Waals surface area contributed by atoms with E-state index in [1.165, 1.54) is 0 Å². The van der Waals surface area contributed by atoms with Gasteiger partial charge in [-0.25, -0.2) is 16.8 Å². The highest BCUT2D eigenvalue weighted by Crippen LogP contribution is 2.50. The number of sulfonamides is 1. The summed E-state index contributed by atoms with van der Waals surface area (Å²) in [6, 6.07) is 0. The van der Waals surface area contributed by atoms with Crippen molar-refractivity contribution >= 4 is 20.4 Å². The Morgan fingerprint density at radius 1 is 0.789 bits per heavy atom. The Kier molecular flexibility index (Phi) is 5.40. The molecule has 118 valence electrons. The summed E-state index contributed by atoms with van der Waals surface area (Å²) in [6.45, 7) is 0. The molecule has 0 atom stereocenters. The maximum absolute atomic E-state index is 12.4. The van der Waals surface area contributed by atoms with Gasteiger partial charge in [-0.3, -0.25) is 0 Å². The Morgan fingerprint density at radius 2 is 1.11 bits per heavy atom. The van der Waals surface area contributed by atoms with Gasteiger partial charge < -0.3 is 10.3 Å². The first-order chi connectivity index (χ1) is 7.46. The van der Waals surface area contributed by atoms with E-state index in [4.69, 9.17) is 0 Å². The summed E-state index contributed by atoms with van der Waals surface area (Å²) in [5, 5.41) is -6.99. The Hall–Kier alpha value is -0.740. The van der Waals surface area contributed by atoms with E-state index in [0.717, 1.165) is 0 Å². The van der Waals surface area contributed by atoms with Crippen LogP contribution in [0.2, 0.25) is 0 Å². The van der Waals surface area contributed by atoms with Crippen molar-refractivity contribution in [3.8, 4) is 0 Å². The highest BCUT2D eigenvalue weighted by atomic mass is 32.3. The van der Waals surface area contributed by atoms with Gasteiger partial charge in [0.2, 0.25) is 10.4 Å². The third-order valence-electron chi connectivity index (χ3n) is 1.23. The van der Waals surface area contributed by atoms with Crippen LogP contribution in [0.3, 0.4) is 0 Å². The highest BCUT2D eigenvalue weighted by molar-refractivity contribution is 8.10. The van der Waals surface area contributed by atoms with Gasteiger partial charge in [-0.05, 0) is 0 Å². The number of rotatable bonds is 4. The van der Waals surface area contributed by atoms with Gasteiger partial charge in [0.1, 0.15) is 0 Å². The molecule has 0 aliphatic heterocycles. The molecule has 0 aromatic heterocycles. The Bertz CT molecular complexity index is 521. The topological polar surface area (TPSA) is 119 Å². The van der Waals surface area contributed by atoms with E-state index >= 15 is 0 Å². The molecular weight excluding hydrogens is 344 g/mol. The summed E-state index contributed by atoms with van der Waals surface area (Å²) < 4.78 is 136. The number of alkyl halides is 7. The zero-order chi connectivity index (χ0) is 15.2. The molecule has 0 saturated heterocycles. The van der Waals surface area contributed by atoms with Gasteiger partial charge in [-0.1, -0.05) is 0 Å². The van der Waals surface area contributed by atoms with Crippen LogP contribution in [0.5, 0.6) is 0 Å². The summed E-state index contributed by atoms with van der Waals surface area (Å²) in [7, 11) is -13.9. The molecule has 0 aliphatic carbocycles. The van der Waals surface area contributed by atoms with E-state index in [0.29, 0.717) is 4.13 Å².